The zero-order valence-corrected chi connectivity index (χ0v) is 13.2. The summed E-state index contributed by atoms with van der Waals surface area (Å²) in [6, 6.07) is 0. The van der Waals surface area contributed by atoms with Gasteiger partial charge in [0.15, 0.2) is 11.5 Å². The summed E-state index contributed by atoms with van der Waals surface area (Å²) in [5.74, 6) is 0.442. The second-order valence-electron chi connectivity index (χ2n) is 4.11. The molecule has 0 aromatic carbocycles. The molecule has 0 aliphatic rings. The first-order valence-corrected chi connectivity index (χ1v) is 7.06. The van der Waals surface area contributed by atoms with Crippen molar-refractivity contribution in [1.82, 2.24) is 29.3 Å². The maximum absolute atomic E-state index is 11.9. The summed E-state index contributed by atoms with van der Waals surface area (Å²) >= 11 is 8.04. The van der Waals surface area contributed by atoms with E-state index >= 15 is 0 Å². The number of aryl methyl sites for hydroxylation is 1. The first-order valence-electron chi connectivity index (χ1n) is 5.60. The van der Waals surface area contributed by atoms with E-state index in [-0.39, 0.29) is 12.1 Å². The minimum Gasteiger partial charge on any atom is -0.291 e. The minimum atomic E-state index is -0.134. The smallest absolute Gasteiger partial charge is 0.267 e. The predicted molar refractivity (Wildman–Crippen MR) is 81.6 cm³/mol. The van der Waals surface area contributed by atoms with E-state index in [4.69, 9.17) is 11.6 Å². The topological polar surface area (TPSA) is 78.5 Å². The Morgan fingerprint density at radius 2 is 2.15 bits per heavy atom. The second-order valence-corrected chi connectivity index (χ2v) is 5.63. The van der Waals surface area contributed by atoms with E-state index in [0.29, 0.717) is 25.6 Å². The molecule has 0 radical (unpaired) electrons. The Kier molecular flexibility index (Phi) is 3.42. The van der Waals surface area contributed by atoms with Gasteiger partial charge in [0.05, 0.1) is 28.0 Å². The molecule has 0 fully saturated rings. The highest BCUT2D eigenvalue weighted by molar-refractivity contribution is 14.1. The summed E-state index contributed by atoms with van der Waals surface area (Å²) in [5.41, 5.74) is 0.497. The molecule has 3 aromatic rings. The van der Waals surface area contributed by atoms with Crippen molar-refractivity contribution in [3.05, 3.63) is 43.6 Å². The van der Waals surface area contributed by atoms with Crippen LogP contribution in [-0.2, 0) is 13.6 Å². The Morgan fingerprint density at radius 1 is 1.35 bits per heavy atom. The van der Waals surface area contributed by atoms with Crippen LogP contribution >= 0.6 is 34.2 Å². The largest absolute Gasteiger partial charge is 0.291 e. The van der Waals surface area contributed by atoms with Gasteiger partial charge in [-0.25, -0.2) is 15.0 Å². The van der Waals surface area contributed by atoms with Crippen LogP contribution in [0.2, 0.25) is 5.15 Å². The van der Waals surface area contributed by atoms with Crippen LogP contribution in [0.25, 0.3) is 11.0 Å². The number of fused-ring (bicyclic) bond motifs is 1. The van der Waals surface area contributed by atoms with E-state index in [1.807, 2.05) is 22.6 Å². The molecule has 0 aliphatic carbocycles. The third-order valence-electron chi connectivity index (χ3n) is 2.76. The van der Waals surface area contributed by atoms with Gasteiger partial charge in [-0.1, -0.05) is 11.6 Å². The highest BCUT2D eigenvalue weighted by Crippen LogP contribution is 2.19. The fraction of sp³-hybridized carbons (Fsp3) is 0.182. The molecular formula is C11H8ClIN6O. The SMILES string of the molecule is Cn1ncc2c(Cl)nc(Cn3cncc(I)c3=O)nc21. The number of aromatic nitrogens is 6. The van der Waals surface area contributed by atoms with Crippen molar-refractivity contribution >= 4 is 45.2 Å². The maximum atomic E-state index is 11.9. The van der Waals surface area contributed by atoms with E-state index in [1.165, 1.54) is 17.1 Å². The predicted octanol–water partition coefficient (Wildman–Crippen LogP) is 1.23. The van der Waals surface area contributed by atoms with Crippen LogP contribution < -0.4 is 5.56 Å². The quantitative estimate of drug-likeness (QED) is 0.476. The zero-order valence-electron chi connectivity index (χ0n) is 10.3. The van der Waals surface area contributed by atoms with Crippen LogP contribution in [0.3, 0.4) is 0 Å². The Labute approximate surface area is 131 Å². The van der Waals surface area contributed by atoms with Crippen LogP contribution in [0.4, 0.5) is 0 Å². The van der Waals surface area contributed by atoms with E-state index in [2.05, 4.69) is 20.1 Å². The number of nitrogens with zero attached hydrogens (tertiary/aromatic N) is 6. The molecule has 0 unspecified atom stereocenters. The van der Waals surface area contributed by atoms with Crippen molar-refractivity contribution < 1.29 is 0 Å². The normalized spacial score (nSPS) is 11.2. The van der Waals surface area contributed by atoms with Crippen LogP contribution in [0.5, 0.6) is 0 Å². The van der Waals surface area contributed by atoms with Gasteiger partial charge in [0.25, 0.3) is 5.56 Å². The molecule has 0 bridgehead atoms. The Bertz CT molecular complexity index is 858. The van der Waals surface area contributed by atoms with E-state index in [1.54, 1.807) is 17.9 Å². The molecule has 9 heteroatoms. The lowest BCUT2D eigenvalue weighted by atomic mass is 10.4. The monoisotopic (exact) mass is 402 g/mol. The molecule has 3 aromatic heterocycles. The molecule has 0 amide bonds. The summed E-state index contributed by atoms with van der Waals surface area (Å²) in [7, 11) is 1.77. The molecule has 0 spiro atoms. The molecule has 0 saturated carbocycles. The average molecular weight is 403 g/mol. The molecule has 3 rings (SSSR count). The molecule has 0 aliphatic heterocycles. The molecule has 3 heterocycles. The van der Waals surface area contributed by atoms with Crippen LogP contribution in [-0.4, -0.2) is 29.3 Å². The molecule has 0 atom stereocenters. The van der Waals surface area contributed by atoms with Crippen molar-refractivity contribution in [3.63, 3.8) is 0 Å². The lowest BCUT2D eigenvalue weighted by molar-refractivity contribution is 0.691. The van der Waals surface area contributed by atoms with Gasteiger partial charge in [0, 0.05) is 13.2 Å². The second kappa shape index (κ2) is 5.09. The highest BCUT2D eigenvalue weighted by atomic mass is 127. The first kappa shape index (κ1) is 13.4. The molecule has 0 saturated heterocycles. The number of halogens is 2. The first-order chi connectivity index (χ1) is 9.56. The van der Waals surface area contributed by atoms with Crippen molar-refractivity contribution in [3.8, 4) is 0 Å². The molecule has 7 nitrogen and oxygen atoms in total. The fourth-order valence-corrected chi connectivity index (χ4v) is 2.49. The number of hydrogen-bond donors (Lipinski definition) is 0. The van der Waals surface area contributed by atoms with E-state index in [9.17, 15) is 4.79 Å². The Balaban J connectivity index is 2.09. The van der Waals surface area contributed by atoms with Gasteiger partial charge < -0.3 is 0 Å². The van der Waals surface area contributed by atoms with Gasteiger partial charge in [0.2, 0.25) is 0 Å². The lowest BCUT2D eigenvalue weighted by Crippen LogP contribution is -2.23. The summed E-state index contributed by atoms with van der Waals surface area (Å²) in [6.07, 6.45) is 4.58. The number of rotatable bonds is 2. The van der Waals surface area contributed by atoms with Crippen LogP contribution in [0.1, 0.15) is 5.82 Å². The average Bonchev–Trinajstić information content (AvgIpc) is 2.78. The molecule has 20 heavy (non-hydrogen) atoms. The van der Waals surface area contributed by atoms with Crippen molar-refractivity contribution in [2.24, 2.45) is 7.05 Å². The molecule has 102 valence electrons. The Hall–Kier alpha value is -1.55. The van der Waals surface area contributed by atoms with Gasteiger partial charge in [-0.05, 0) is 22.6 Å². The van der Waals surface area contributed by atoms with Crippen molar-refractivity contribution in [2.45, 2.75) is 6.54 Å². The molecular weight excluding hydrogens is 395 g/mol. The van der Waals surface area contributed by atoms with Gasteiger partial charge in [-0.2, -0.15) is 5.10 Å². The van der Waals surface area contributed by atoms with Gasteiger partial charge in [-0.3, -0.25) is 14.0 Å². The van der Waals surface area contributed by atoms with Gasteiger partial charge in [-0.15, -0.1) is 0 Å². The standard InChI is InChI=1S/C11H8ClIN6O/c1-18-10-6(2-15-18)9(12)16-8(17-10)4-19-5-14-3-7(13)11(19)20/h2-3,5H,4H2,1H3. The highest BCUT2D eigenvalue weighted by Gasteiger charge is 2.11. The lowest BCUT2D eigenvalue weighted by Gasteiger charge is -2.05. The maximum Gasteiger partial charge on any atom is 0.267 e. The Morgan fingerprint density at radius 3 is 2.95 bits per heavy atom. The van der Waals surface area contributed by atoms with Gasteiger partial charge >= 0.3 is 0 Å². The van der Waals surface area contributed by atoms with Gasteiger partial charge in [0.1, 0.15) is 5.15 Å². The molecule has 0 N–H and O–H groups in total. The van der Waals surface area contributed by atoms with E-state index in [0.717, 1.165) is 0 Å². The minimum absolute atomic E-state index is 0.134. The zero-order chi connectivity index (χ0) is 14.3. The van der Waals surface area contributed by atoms with E-state index < -0.39 is 0 Å². The van der Waals surface area contributed by atoms with Crippen molar-refractivity contribution in [1.29, 1.82) is 0 Å². The summed E-state index contributed by atoms with van der Waals surface area (Å²) in [6.45, 7) is 0.212. The van der Waals surface area contributed by atoms with Crippen LogP contribution in [0, 0.1) is 3.57 Å². The summed E-state index contributed by atoms with van der Waals surface area (Å²) < 4.78 is 3.59. The summed E-state index contributed by atoms with van der Waals surface area (Å²) in [5, 5.41) is 5.09. The fourth-order valence-electron chi connectivity index (χ4n) is 1.79. The van der Waals surface area contributed by atoms with Crippen molar-refractivity contribution in [2.75, 3.05) is 0 Å². The number of hydrogen-bond acceptors (Lipinski definition) is 5. The third-order valence-corrected chi connectivity index (χ3v) is 3.79. The third kappa shape index (κ3) is 2.29. The summed E-state index contributed by atoms with van der Waals surface area (Å²) in [4.78, 5) is 24.5. The van der Waals surface area contributed by atoms with Crippen LogP contribution in [0.15, 0.2) is 23.5 Å².